The largest absolute Gasteiger partial charge is 0.373 e. The van der Waals surface area contributed by atoms with Gasteiger partial charge in [-0.1, -0.05) is 26.0 Å². The van der Waals surface area contributed by atoms with E-state index in [0.29, 0.717) is 17.5 Å². The van der Waals surface area contributed by atoms with Crippen LogP contribution in [0.5, 0.6) is 0 Å². The van der Waals surface area contributed by atoms with Gasteiger partial charge in [0.2, 0.25) is 5.78 Å². The Morgan fingerprint density at radius 3 is 2.79 bits per heavy atom. The molecule has 4 rings (SSSR count). The number of anilines is 1. The van der Waals surface area contributed by atoms with Crippen molar-refractivity contribution < 1.29 is 9.53 Å². The third kappa shape index (κ3) is 4.31. The van der Waals surface area contributed by atoms with Gasteiger partial charge in [0.05, 0.1) is 6.10 Å². The van der Waals surface area contributed by atoms with Crippen LogP contribution in [-0.2, 0) is 4.74 Å². The average molecular weight is 393 g/mol. The van der Waals surface area contributed by atoms with Crippen molar-refractivity contribution in [3.63, 3.8) is 0 Å². The van der Waals surface area contributed by atoms with Crippen LogP contribution in [0, 0.1) is 0 Å². The molecule has 3 aromatic rings. The summed E-state index contributed by atoms with van der Waals surface area (Å²) in [6.45, 7) is 7.34. The Bertz CT molecular complexity index is 932. The van der Waals surface area contributed by atoms with Crippen LogP contribution < -0.4 is 5.32 Å². The van der Waals surface area contributed by atoms with Gasteiger partial charge in [0.25, 0.3) is 5.91 Å². The lowest BCUT2D eigenvalue weighted by molar-refractivity contribution is -0.0265. The smallest absolute Gasteiger partial charge is 0.275 e. The molecule has 0 aliphatic carbocycles. The van der Waals surface area contributed by atoms with Gasteiger partial charge in [0.15, 0.2) is 0 Å². The van der Waals surface area contributed by atoms with Crippen molar-refractivity contribution >= 4 is 17.4 Å². The third-order valence-corrected chi connectivity index (χ3v) is 5.59. The highest BCUT2D eigenvalue weighted by Gasteiger charge is 2.27. The van der Waals surface area contributed by atoms with E-state index in [0.717, 1.165) is 43.8 Å². The summed E-state index contributed by atoms with van der Waals surface area (Å²) in [7, 11) is 0. The second-order valence-electron chi connectivity index (χ2n) is 7.29. The molecule has 0 saturated carbocycles. The van der Waals surface area contributed by atoms with Gasteiger partial charge in [-0.15, -0.1) is 0 Å². The molecule has 2 aromatic heterocycles. The summed E-state index contributed by atoms with van der Waals surface area (Å²) >= 11 is 0. The van der Waals surface area contributed by atoms with Crippen LogP contribution in [0.25, 0.3) is 5.78 Å². The van der Waals surface area contributed by atoms with E-state index in [1.807, 2.05) is 30.5 Å². The minimum Gasteiger partial charge on any atom is -0.373 e. The number of benzene rings is 1. The lowest BCUT2D eigenvalue weighted by Gasteiger charge is -2.36. The summed E-state index contributed by atoms with van der Waals surface area (Å²) in [5.41, 5.74) is 2.22. The highest BCUT2D eigenvalue weighted by Crippen LogP contribution is 2.31. The maximum absolute atomic E-state index is 12.5. The molecule has 0 radical (unpaired) electrons. The Morgan fingerprint density at radius 1 is 1.28 bits per heavy atom. The van der Waals surface area contributed by atoms with Crippen molar-refractivity contribution in [3.8, 4) is 0 Å². The van der Waals surface area contributed by atoms with Gasteiger partial charge in [-0.05, 0) is 49.7 Å². The third-order valence-electron chi connectivity index (χ3n) is 5.59. The quantitative estimate of drug-likeness (QED) is 0.693. The highest BCUT2D eigenvalue weighted by molar-refractivity contribution is 6.03. The van der Waals surface area contributed by atoms with E-state index in [-0.39, 0.29) is 12.0 Å². The Hall–Kier alpha value is -2.77. The van der Waals surface area contributed by atoms with E-state index in [2.05, 4.69) is 34.0 Å². The molecule has 1 aliphatic rings. The maximum atomic E-state index is 12.5. The Kier molecular flexibility index (Phi) is 5.87. The molecule has 1 amide bonds. The number of hydrogen-bond donors (Lipinski definition) is 1. The zero-order chi connectivity index (χ0) is 20.2. The van der Waals surface area contributed by atoms with Crippen LogP contribution in [0.2, 0.25) is 0 Å². The number of aromatic nitrogens is 3. The lowest BCUT2D eigenvalue weighted by atomic mass is 9.96. The number of imidazole rings is 1. The van der Waals surface area contributed by atoms with Crippen molar-refractivity contribution in [3.05, 3.63) is 60.2 Å². The Balaban J connectivity index is 1.41. The van der Waals surface area contributed by atoms with Crippen molar-refractivity contribution in [2.24, 2.45) is 0 Å². The van der Waals surface area contributed by atoms with Gasteiger partial charge in [-0.3, -0.25) is 9.20 Å². The van der Waals surface area contributed by atoms with Crippen molar-refractivity contribution in [2.45, 2.75) is 38.8 Å². The molecule has 0 spiro atoms. The molecular formula is C22H27N5O2. The first kappa shape index (κ1) is 19.5. The number of carbonyl (C=O) groups is 1. The minimum absolute atomic E-state index is 0.101. The fourth-order valence-corrected chi connectivity index (χ4v) is 4.00. The molecule has 1 aliphatic heterocycles. The van der Waals surface area contributed by atoms with Gasteiger partial charge in [0, 0.05) is 36.9 Å². The molecule has 1 N–H and O–H groups in total. The maximum Gasteiger partial charge on any atom is 0.275 e. The summed E-state index contributed by atoms with van der Waals surface area (Å²) in [6, 6.07) is 10.3. The van der Waals surface area contributed by atoms with E-state index in [9.17, 15) is 4.79 Å². The Morgan fingerprint density at radius 2 is 2.07 bits per heavy atom. The molecule has 1 fully saturated rings. The number of carbonyl (C=O) groups excluding carboxylic acids is 1. The minimum atomic E-state index is -0.251. The van der Waals surface area contributed by atoms with Gasteiger partial charge >= 0.3 is 0 Å². The SMILES string of the molecule is CCN(CC)[C@@H]1CCO[C@H](c2ccc(NC(=O)c3cn4cccnc4n3)cc2)C1. The summed E-state index contributed by atoms with van der Waals surface area (Å²) in [5, 5.41) is 2.90. The van der Waals surface area contributed by atoms with E-state index >= 15 is 0 Å². The topological polar surface area (TPSA) is 71.8 Å². The van der Waals surface area contributed by atoms with Crippen LogP contribution in [0.4, 0.5) is 5.69 Å². The van der Waals surface area contributed by atoms with Gasteiger partial charge in [-0.2, -0.15) is 0 Å². The zero-order valence-electron chi connectivity index (χ0n) is 16.9. The predicted octanol–water partition coefficient (Wildman–Crippen LogP) is 3.54. The second-order valence-corrected chi connectivity index (χ2v) is 7.29. The molecule has 29 heavy (non-hydrogen) atoms. The van der Waals surface area contributed by atoms with E-state index in [1.165, 1.54) is 0 Å². The van der Waals surface area contributed by atoms with Crippen molar-refractivity contribution in [1.82, 2.24) is 19.3 Å². The summed E-state index contributed by atoms with van der Waals surface area (Å²) in [5.74, 6) is 0.254. The van der Waals surface area contributed by atoms with Crippen LogP contribution >= 0.6 is 0 Å². The summed E-state index contributed by atoms with van der Waals surface area (Å²) in [6.07, 6.45) is 7.33. The van der Waals surface area contributed by atoms with Crippen LogP contribution in [0.1, 0.15) is 48.8 Å². The standard InChI is InChI=1S/C22H27N5O2/c1-3-26(4-2)18-10-13-29-20(14-18)16-6-8-17(9-7-16)24-21(28)19-15-27-12-5-11-23-22(27)25-19/h5-9,11-12,15,18,20H,3-4,10,13-14H2,1-2H3,(H,24,28)/t18-,20+/m1/s1. The predicted molar refractivity (Wildman–Crippen MR) is 112 cm³/mol. The van der Waals surface area contributed by atoms with Crippen LogP contribution in [0.3, 0.4) is 0 Å². The molecule has 1 aromatic carbocycles. The first-order chi connectivity index (χ1) is 14.2. The van der Waals surface area contributed by atoms with Gasteiger partial charge in [0.1, 0.15) is 5.69 Å². The second kappa shape index (κ2) is 8.71. The number of amides is 1. The number of nitrogens with one attached hydrogen (secondary N) is 1. The van der Waals surface area contributed by atoms with Gasteiger partial charge < -0.3 is 15.0 Å². The molecule has 3 heterocycles. The average Bonchev–Trinajstić information content (AvgIpc) is 3.20. The fraction of sp³-hybridized carbons (Fsp3) is 0.409. The van der Waals surface area contributed by atoms with E-state index < -0.39 is 0 Å². The summed E-state index contributed by atoms with van der Waals surface area (Å²) in [4.78, 5) is 23.4. The highest BCUT2D eigenvalue weighted by atomic mass is 16.5. The molecule has 7 heteroatoms. The number of nitrogens with zero attached hydrogens (tertiary/aromatic N) is 4. The molecule has 152 valence electrons. The molecule has 1 saturated heterocycles. The van der Waals surface area contributed by atoms with Gasteiger partial charge in [-0.25, -0.2) is 9.97 Å². The molecule has 2 atom stereocenters. The lowest BCUT2D eigenvalue weighted by Crippen LogP contribution is -2.40. The fourth-order valence-electron chi connectivity index (χ4n) is 4.00. The molecule has 0 bridgehead atoms. The first-order valence-corrected chi connectivity index (χ1v) is 10.2. The molecule has 7 nitrogen and oxygen atoms in total. The monoisotopic (exact) mass is 393 g/mol. The summed E-state index contributed by atoms with van der Waals surface area (Å²) < 4.78 is 7.75. The number of hydrogen-bond acceptors (Lipinski definition) is 5. The normalized spacial score (nSPS) is 19.6. The molecule has 0 unspecified atom stereocenters. The first-order valence-electron chi connectivity index (χ1n) is 10.2. The zero-order valence-corrected chi connectivity index (χ0v) is 16.9. The van der Waals surface area contributed by atoms with E-state index in [4.69, 9.17) is 4.74 Å². The number of rotatable bonds is 6. The number of ether oxygens (including phenoxy) is 1. The molecular weight excluding hydrogens is 366 g/mol. The van der Waals surface area contributed by atoms with Crippen molar-refractivity contribution in [1.29, 1.82) is 0 Å². The Labute approximate surface area is 170 Å². The number of fused-ring (bicyclic) bond motifs is 1. The van der Waals surface area contributed by atoms with Crippen LogP contribution in [0.15, 0.2) is 48.9 Å². The van der Waals surface area contributed by atoms with Crippen LogP contribution in [-0.4, -0.2) is 50.9 Å². The van der Waals surface area contributed by atoms with Crippen molar-refractivity contribution in [2.75, 3.05) is 25.0 Å². The van der Waals surface area contributed by atoms with E-state index in [1.54, 1.807) is 22.9 Å².